The van der Waals surface area contributed by atoms with Crippen LogP contribution in [-0.4, -0.2) is 36.2 Å². The van der Waals surface area contributed by atoms with Crippen LogP contribution in [0.25, 0.3) is 0 Å². The van der Waals surface area contributed by atoms with E-state index in [4.69, 9.17) is 0 Å². The van der Waals surface area contributed by atoms with E-state index in [0.29, 0.717) is 0 Å². The Bertz CT molecular complexity index is 309. The van der Waals surface area contributed by atoms with Gasteiger partial charge in [-0.25, -0.2) is 0 Å². The van der Waals surface area contributed by atoms with Crippen LogP contribution in [0.1, 0.15) is 11.8 Å². The minimum absolute atomic E-state index is 0.472. The van der Waals surface area contributed by atoms with Crippen molar-refractivity contribution in [3.05, 3.63) is 34.3 Å². The highest BCUT2D eigenvalue weighted by molar-refractivity contribution is 9.10. The fourth-order valence-electron chi connectivity index (χ4n) is 1.77. The van der Waals surface area contributed by atoms with Gasteiger partial charge in [0.15, 0.2) is 0 Å². The zero-order valence-electron chi connectivity index (χ0n) is 8.49. The second kappa shape index (κ2) is 5.07. The number of aliphatic hydroxyl groups excluding tert-OH is 1. The summed E-state index contributed by atoms with van der Waals surface area (Å²) in [7, 11) is 0. The predicted octanol–water partition coefficient (Wildman–Crippen LogP) is 1.35. The lowest BCUT2D eigenvalue weighted by Crippen LogP contribution is -2.45. The second-order valence-electron chi connectivity index (χ2n) is 3.71. The average molecular weight is 271 g/mol. The van der Waals surface area contributed by atoms with Crippen LogP contribution in [0.15, 0.2) is 28.7 Å². The topological polar surface area (TPSA) is 35.5 Å². The number of aliphatic hydroxyl groups is 1. The van der Waals surface area contributed by atoms with Crippen molar-refractivity contribution in [2.75, 3.05) is 26.2 Å². The molecule has 0 radical (unpaired) electrons. The Morgan fingerprint density at radius 3 is 2.40 bits per heavy atom. The van der Waals surface area contributed by atoms with Gasteiger partial charge in [0, 0.05) is 30.7 Å². The van der Waals surface area contributed by atoms with Crippen molar-refractivity contribution >= 4 is 15.9 Å². The minimum Gasteiger partial charge on any atom is -0.374 e. The van der Waals surface area contributed by atoms with Crippen molar-refractivity contribution in [3.8, 4) is 0 Å². The van der Waals surface area contributed by atoms with Gasteiger partial charge in [-0.15, -0.1) is 0 Å². The molecular formula is C11H15BrN2O. The molecule has 0 aromatic heterocycles. The largest absolute Gasteiger partial charge is 0.374 e. The first-order valence-electron chi connectivity index (χ1n) is 5.15. The molecule has 3 nitrogen and oxygen atoms in total. The van der Waals surface area contributed by atoms with Crippen LogP contribution in [0.2, 0.25) is 0 Å². The van der Waals surface area contributed by atoms with Gasteiger partial charge in [-0.3, -0.25) is 4.90 Å². The lowest BCUT2D eigenvalue weighted by molar-refractivity contribution is -0.00546. The molecule has 1 aromatic rings. The molecule has 1 heterocycles. The maximum Gasteiger partial charge on any atom is 0.133 e. The van der Waals surface area contributed by atoms with Crippen LogP contribution < -0.4 is 5.32 Å². The highest BCUT2D eigenvalue weighted by Gasteiger charge is 2.18. The van der Waals surface area contributed by atoms with Crippen LogP contribution in [0.5, 0.6) is 0 Å². The molecule has 0 saturated carbocycles. The van der Waals surface area contributed by atoms with Crippen molar-refractivity contribution in [2.45, 2.75) is 6.23 Å². The normalized spacial score (nSPS) is 20.1. The Morgan fingerprint density at radius 2 is 1.80 bits per heavy atom. The van der Waals surface area contributed by atoms with E-state index >= 15 is 0 Å². The van der Waals surface area contributed by atoms with Gasteiger partial charge in [-0.05, 0) is 17.7 Å². The Hall–Kier alpha value is -0.420. The van der Waals surface area contributed by atoms with E-state index in [1.54, 1.807) is 0 Å². The lowest BCUT2D eigenvalue weighted by Gasteiger charge is -2.31. The number of nitrogens with zero attached hydrogens (tertiary/aromatic N) is 1. The van der Waals surface area contributed by atoms with Gasteiger partial charge in [0.25, 0.3) is 0 Å². The maximum absolute atomic E-state index is 10.1. The van der Waals surface area contributed by atoms with Gasteiger partial charge in [0.05, 0.1) is 0 Å². The zero-order valence-corrected chi connectivity index (χ0v) is 10.1. The molecule has 1 aliphatic heterocycles. The zero-order chi connectivity index (χ0) is 10.7. The number of hydrogen-bond donors (Lipinski definition) is 2. The number of hydrogen-bond acceptors (Lipinski definition) is 3. The summed E-state index contributed by atoms with van der Waals surface area (Å²) >= 11 is 3.39. The van der Waals surface area contributed by atoms with Crippen molar-refractivity contribution in [2.24, 2.45) is 0 Å². The Morgan fingerprint density at radius 1 is 1.20 bits per heavy atom. The molecule has 0 spiro atoms. The molecular weight excluding hydrogens is 256 g/mol. The second-order valence-corrected chi connectivity index (χ2v) is 4.63. The van der Waals surface area contributed by atoms with Crippen LogP contribution in [0.4, 0.5) is 0 Å². The highest BCUT2D eigenvalue weighted by Crippen LogP contribution is 2.20. The van der Waals surface area contributed by atoms with Gasteiger partial charge >= 0.3 is 0 Å². The van der Waals surface area contributed by atoms with Gasteiger partial charge < -0.3 is 10.4 Å². The third-order valence-corrected chi connectivity index (χ3v) is 3.19. The summed E-state index contributed by atoms with van der Waals surface area (Å²) in [4.78, 5) is 2.08. The Balaban J connectivity index is 2.05. The number of benzene rings is 1. The number of piperazine rings is 1. The summed E-state index contributed by atoms with van der Waals surface area (Å²) in [5, 5.41) is 13.4. The molecule has 4 heteroatoms. The molecule has 0 bridgehead atoms. The van der Waals surface area contributed by atoms with Crippen LogP contribution in [-0.2, 0) is 0 Å². The molecule has 1 aromatic carbocycles. The van der Waals surface area contributed by atoms with Gasteiger partial charge in [0.1, 0.15) is 6.23 Å². The smallest absolute Gasteiger partial charge is 0.133 e. The predicted molar refractivity (Wildman–Crippen MR) is 63.5 cm³/mol. The summed E-state index contributed by atoms with van der Waals surface area (Å²) in [5.74, 6) is 0. The van der Waals surface area contributed by atoms with E-state index in [2.05, 4.69) is 26.1 Å². The van der Waals surface area contributed by atoms with Crippen LogP contribution in [0.3, 0.4) is 0 Å². The van der Waals surface area contributed by atoms with E-state index in [1.807, 2.05) is 24.3 Å². The average Bonchev–Trinajstić information content (AvgIpc) is 2.30. The Kier molecular flexibility index (Phi) is 3.75. The summed E-state index contributed by atoms with van der Waals surface area (Å²) in [6.45, 7) is 3.70. The van der Waals surface area contributed by atoms with Crippen molar-refractivity contribution in [3.63, 3.8) is 0 Å². The van der Waals surface area contributed by atoms with Crippen molar-refractivity contribution in [1.29, 1.82) is 0 Å². The van der Waals surface area contributed by atoms with Crippen molar-refractivity contribution < 1.29 is 5.11 Å². The Labute approximate surface area is 98.2 Å². The van der Waals surface area contributed by atoms with E-state index in [1.165, 1.54) is 0 Å². The molecule has 2 rings (SSSR count). The number of halogens is 1. The van der Waals surface area contributed by atoms with E-state index in [9.17, 15) is 5.11 Å². The molecule has 1 aliphatic rings. The monoisotopic (exact) mass is 270 g/mol. The number of rotatable bonds is 2. The molecule has 1 saturated heterocycles. The summed E-state index contributed by atoms with van der Waals surface area (Å²) in [6, 6.07) is 7.83. The van der Waals surface area contributed by atoms with E-state index in [-0.39, 0.29) is 0 Å². The highest BCUT2D eigenvalue weighted by atomic mass is 79.9. The SMILES string of the molecule is OC(c1ccc(Br)cc1)N1CCNCC1. The summed E-state index contributed by atoms with van der Waals surface area (Å²) < 4.78 is 1.04. The van der Waals surface area contributed by atoms with Crippen LogP contribution >= 0.6 is 15.9 Å². The van der Waals surface area contributed by atoms with Gasteiger partial charge in [-0.1, -0.05) is 28.1 Å². The third-order valence-electron chi connectivity index (χ3n) is 2.67. The fourth-order valence-corrected chi connectivity index (χ4v) is 2.04. The minimum atomic E-state index is -0.472. The first-order valence-corrected chi connectivity index (χ1v) is 5.95. The number of nitrogens with one attached hydrogen (secondary N) is 1. The van der Waals surface area contributed by atoms with E-state index in [0.717, 1.165) is 36.2 Å². The van der Waals surface area contributed by atoms with Crippen molar-refractivity contribution in [1.82, 2.24) is 10.2 Å². The third kappa shape index (κ3) is 2.78. The molecule has 0 amide bonds. The molecule has 82 valence electrons. The fraction of sp³-hybridized carbons (Fsp3) is 0.455. The van der Waals surface area contributed by atoms with E-state index < -0.39 is 6.23 Å². The lowest BCUT2D eigenvalue weighted by atomic mass is 10.1. The van der Waals surface area contributed by atoms with Gasteiger partial charge in [0.2, 0.25) is 0 Å². The van der Waals surface area contributed by atoms with Crippen LogP contribution in [0, 0.1) is 0 Å². The molecule has 2 N–H and O–H groups in total. The quantitative estimate of drug-likeness (QED) is 0.852. The molecule has 1 atom stereocenters. The maximum atomic E-state index is 10.1. The molecule has 1 fully saturated rings. The summed E-state index contributed by atoms with van der Waals surface area (Å²) in [6.07, 6.45) is -0.472. The summed E-state index contributed by atoms with van der Waals surface area (Å²) in [5.41, 5.74) is 0.958. The van der Waals surface area contributed by atoms with Gasteiger partial charge in [-0.2, -0.15) is 0 Å². The molecule has 0 aliphatic carbocycles. The standard InChI is InChI=1S/C11H15BrN2O/c12-10-3-1-9(2-4-10)11(15)14-7-5-13-6-8-14/h1-4,11,13,15H,5-8H2. The first-order chi connectivity index (χ1) is 7.27. The molecule has 15 heavy (non-hydrogen) atoms. The molecule has 1 unspecified atom stereocenters. The first kappa shape index (κ1) is 11.1.